The highest BCUT2D eigenvalue weighted by molar-refractivity contribution is 5.49. The SMILES string of the molecule is C#Cc1ccccc1C#CC1(OC)CCCCC1. The Morgan fingerprint density at radius 2 is 1.78 bits per heavy atom. The maximum absolute atomic E-state index is 5.65. The van der Waals surface area contributed by atoms with Crippen molar-refractivity contribution in [1.29, 1.82) is 0 Å². The number of benzene rings is 1. The second-order valence-corrected chi connectivity index (χ2v) is 4.70. The second kappa shape index (κ2) is 5.76. The van der Waals surface area contributed by atoms with Gasteiger partial charge in [-0.25, -0.2) is 0 Å². The highest BCUT2D eigenvalue weighted by atomic mass is 16.5. The monoisotopic (exact) mass is 238 g/mol. The van der Waals surface area contributed by atoms with E-state index in [4.69, 9.17) is 11.2 Å². The van der Waals surface area contributed by atoms with Crippen LogP contribution in [-0.2, 0) is 4.74 Å². The predicted octanol–water partition coefficient (Wildman–Crippen LogP) is 3.37. The molecule has 0 aromatic heterocycles. The van der Waals surface area contributed by atoms with Crippen LogP contribution in [0.3, 0.4) is 0 Å². The van der Waals surface area contributed by atoms with E-state index in [-0.39, 0.29) is 5.60 Å². The van der Waals surface area contributed by atoms with Crippen molar-refractivity contribution >= 4 is 0 Å². The quantitative estimate of drug-likeness (QED) is 0.682. The molecule has 0 aliphatic heterocycles. The lowest BCUT2D eigenvalue weighted by atomic mass is 9.85. The predicted molar refractivity (Wildman–Crippen MR) is 74.1 cm³/mol. The lowest BCUT2D eigenvalue weighted by Crippen LogP contribution is -2.32. The van der Waals surface area contributed by atoms with Gasteiger partial charge in [0.05, 0.1) is 0 Å². The van der Waals surface area contributed by atoms with Crippen molar-refractivity contribution in [1.82, 2.24) is 0 Å². The van der Waals surface area contributed by atoms with Crippen LogP contribution in [-0.4, -0.2) is 12.7 Å². The molecule has 1 aromatic rings. The van der Waals surface area contributed by atoms with E-state index in [0.29, 0.717) is 0 Å². The van der Waals surface area contributed by atoms with E-state index < -0.39 is 0 Å². The molecule has 0 unspecified atom stereocenters. The van der Waals surface area contributed by atoms with Gasteiger partial charge in [0.1, 0.15) is 5.60 Å². The van der Waals surface area contributed by atoms with E-state index in [0.717, 1.165) is 24.0 Å². The first-order valence-electron chi connectivity index (χ1n) is 6.44. The van der Waals surface area contributed by atoms with Gasteiger partial charge in [0, 0.05) is 18.2 Å². The zero-order valence-electron chi connectivity index (χ0n) is 10.8. The molecule has 0 atom stereocenters. The van der Waals surface area contributed by atoms with E-state index in [1.54, 1.807) is 7.11 Å². The van der Waals surface area contributed by atoms with Gasteiger partial charge in [-0.15, -0.1) is 6.42 Å². The van der Waals surface area contributed by atoms with Crippen LogP contribution < -0.4 is 0 Å². The molecule has 0 heterocycles. The molecule has 0 amide bonds. The second-order valence-electron chi connectivity index (χ2n) is 4.70. The van der Waals surface area contributed by atoms with Crippen LogP contribution in [0.1, 0.15) is 43.2 Å². The van der Waals surface area contributed by atoms with Crippen molar-refractivity contribution in [2.75, 3.05) is 7.11 Å². The number of terminal acetylenes is 1. The topological polar surface area (TPSA) is 9.23 Å². The van der Waals surface area contributed by atoms with E-state index in [1.165, 1.54) is 19.3 Å². The Labute approximate surface area is 110 Å². The summed E-state index contributed by atoms with van der Waals surface area (Å²) in [6, 6.07) is 7.79. The highest BCUT2D eigenvalue weighted by Crippen LogP contribution is 2.30. The molecule has 1 aliphatic rings. The summed E-state index contributed by atoms with van der Waals surface area (Å²) < 4.78 is 5.65. The largest absolute Gasteiger partial charge is 0.366 e. The smallest absolute Gasteiger partial charge is 0.128 e. The van der Waals surface area contributed by atoms with Crippen LogP contribution in [0.2, 0.25) is 0 Å². The summed E-state index contributed by atoms with van der Waals surface area (Å²) >= 11 is 0. The normalized spacial score (nSPS) is 17.3. The Balaban J connectivity index is 2.27. The van der Waals surface area contributed by atoms with Gasteiger partial charge in [-0.2, -0.15) is 0 Å². The third kappa shape index (κ3) is 2.76. The Bertz CT molecular complexity index is 504. The molecule has 1 nitrogen and oxygen atoms in total. The third-order valence-electron chi connectivity index (χ3n) is 3.56. The zero-order valence-corrected chi connectivity index (χ0v) is 10.8. The Morgan fingerprint density at radius 1 is 1.11 bits per heavy atom. The molecule has 1 aromatic carbocycles. The van der Waals surface area contributed by atoms with Gasteiger partial charge >= 0.3 is 0 Å². The van der Waals surface area contributed by atoms with Gasteiger partial charge in [-0.1, -0.05) is 36.3 Å². The van der Waals surface area contributed by atoms with E-state index in [1.807, 2.05) is 24.3 Å². The molecule has 0 N–H and O–H groups in total. The molecular weight excluding hydrogens is 220 g/mol. The highest BCUT2D eigenvalue weighted by Gasteiger charge is 2.29. The molecule has 1 heteroatoms. The van der Waals surface area contributed by atoms with Crippen LogP contribution in [0.5, 0.6) is 0 Å². The zero-order chi connectivity index (χ0) is 12.8. The van der Waals surface area contributed by atoms with Gasteiger partial charge in [0.2, 0.25) is 0 Å². The fourth-order valence-electron chi connectivity index (χ4n) is 2.40. The standard InChI is InChI=1S/C17H18O/c1-3-15-9-5-6-10-16(15)11-14-17(18-2)12-7-4-8-13-17/h1,5-6,9-10H,4,7-8,12-13H2,2H3. The van der Waals surface area contributed by atoms with Gasteiger partial charge in [0.15, 0.2) is 0 Å². The van der Waals surface area contributed by atoms with Crippen LogP contribution in [0.4, 0.5) is 0 Å². The number of ether oxygens (including phenoxy) is 1. The van der Waals surface area contributed by atoms with Crippen LogP contribution in [0, 0.1) is 24.2 Å². The minimum atomic E-state index is -0.264. The summed E-state index contributed by atoms with van der Waals surface area (Å²) in [5, 5.41) is 0. The number of rotatable bonds is 1. The minimum absolute atomic E-state index is 0.264. The first-order valence-corrected chi connectivity index (χ1v) is 6.44. The molecule has 1 saturated carbocycles. The molecule has 0 spiro atoms. The van der Waals surface area contributed by atoms with Crippen LogP contribution in [0.15, 0.2) is 24.3 Å². The van der Waals surface area contributed by atoms with Gasteiger partial charge < -0.3 is 4.74 Å². The van der Waals surface area contributed by atoms with E-state index in [9.17, 15) is 0 Å². The molecule has 0 saturated heterocycles. The summed E-state index contributed by atoms with van der Waals surface area (Å²) in [6.07, 6.45) is 11.2. The first kappa shape index (κ1) is 12.7. The van der Waals surface area contributed by atoms with E-state index >= 15 is 0 Å². The lowest BCUT2D eigenvalue weighted by Gasteiger charge is -2.30. The van der Waals surface area contributed by atoms with Crippen molar-refractivity contribution < 1.29 is 4.74 Å². The molecule has 0 bridgehead atoms. The number of methoxy groups -OCH3 is 1. The first-order chi connectivity index (χ1) is 8.79. The summed E-state index contributed by atoms with van der Waals surface area (Å²) in [4.78, 5) is 0. The molecule has 18 heavy (non-hydrogen) atoms. The minimum Gasteiger partial charge on any atom is -0.366 e. The van der Waals surface area contributed by atoms with Crippen molar-refractivity contribution in [3.05, 3.63) is 35.4 Å². The average molecular weight is 238 g/mol. The van der Waals surface area contributed by atoms with Crippen molar-refractivity contribution in [2.45, 2.75) is 37.7 Å². The van der Waals surface area contributed by atoms with Gasteiger partial charge in [-0.3, -0.25) is 0 Å². The van der Waals surface area contributed by atoms with Crippen molar-refractivity contribution in [3.8, 4) is 24.2 Å². The molecule has 1 aliphatic carbocycles. The van der Waals surface area contributed by atoms with Crippen LogP contribution >= 0.6 is 0 Å². The Hall–Kier alpha value is -1.70. The Morgan fingerprint density at radius 3 is 2.39 bits per heavy atom. The molecule has 0 radical (unpaired) electrons. The summed E-state index contributed by atoms with van der Waals surface area (Å²) in [5.74, 6) is 9.19. The van der Waals surface area contributed by atoms with Crippen molar-refractivity contribution in [3.63, 3.8) is 0 Å². The fraction of sp³-hybridized carbons (Fsp3) is 0.412. The maximum Gasteiger partial charge on any atom is 0.128 e. The van der Waals surface area contributed by atoms with Gasteiger partial charge in [-0.05, 0) is 37.8 Å². The average Bonchev–Trinajstić information content (AvgIpc) is 2.46. The summed E-state index contributed by atoms with van der Waals surface area (Å²) in [7, 11) is 1.76. The molecule has 2 rings (SSSR count). The number of hydrogen-bond acceptors (Lipinski definition) is 1. The van der Waals surface area contributed by atoms with E-state index in [2.05, 4.69) is 17.8 Å². The number of hydrogen-bond donors (Lipinski definition) is 0. The van der Waals surface area contributed by atoms with Gasteiger partial charge in [0.25, 0.3) is 0 Å². The molecule has 92 valence electrons. The van der Waals surface area contributed by atoms with Crippen molar-refractivity contribution in [2.24, 2.45) is 0 Å². The summed E-state index contributed by atoms with van der Waals surface area (Å²) in [6.45, 7) is 0. The third-order valence-corrected chi connectivity index (χ3v) is 3.56. The molecular formula is C17H18O. The van der Waals surface area contributed by atoms with Crippen LogP contribution in [0.25, 0.3) is 0 Å². The fourth-order valence-corrected chi connectivity index (χ4v) is 2.40. The molecule has 1 fully saturated rings. The maximum atomic E-state index is 5.65. The Kier molecular flexibility index (Phi) is 4.08. The lowest BCUT2D eigenvalue weighted by molar-refractivity contribution is 0.0104. The summed E-state index contributed by atoms with van der Waals surface area (Å²) in [5.41, 5.74) is 1.51.